The van der Waals surface area contributed by atoms with Crippen LogP contribution in [0.2, 0.25) is 0 Å². The van der Waals surface area contributed by atoms with Gasteiger partial charge in [-0.2, -0.15) is 18.3 Å². The molecule has 0 aromatic carbocycles. The van der Waals surface area contributed by atoms with Crippen molar-refractivity contribution in [2.45, 2.75) is 25.4 Å². The van der Waals surface area contributed by atoms with Crippen LogP contribution in [0.4, 0.5) is 23.7 Å². The number of hydrogen-bond donors (Lipinski definition) is 2. The SMILES string of the molecule is Cn1cc(NC(=O)NCCC2CCN(CC(F)(F)F)CC2)cn1. The van der Waals surface area contributed by atoms with Gasteiger partial charge in [0.2, 0.25) is 0 Å². The minimum absolute atomic E-state index is 0.299. The summed E-state index contributed by atoms with van der Waals surface area (Å²) in [7, 11) is 1.76. The lowest BCUT2D eigenvalue weighted by atomic mass is 9.93. The highest BCUT2D eigenvalue weighted by atomic mass is 19.4. The Kier molecular flexibility index (Phi) is 5.86. The van der Waals surface area contributed by atoms with Crippen LogP contribution >= 0.6 is 0 Å². The third-order valence-electron chi connectivity index (χ3n) is 3.91. The smallest absolute Gasteiger partial charge is 0.338 e. The average Bonchev–Trinajstić information content (AvgIpc) is 2.84. The number of nitrogens with one attached hydrogen (secondary N) is 2. The van der Waals surface area contributed by atoms with Crippen LogP contribution in [-0.2, 0) is 7.05 Å². The van der Waals surface area contributed by atoms with E-state index in [2.05, 4.69) is 15.7 Å². The van der Waals surface area contributed by atoms with Gasteiger partial charge in [0.25, 0.3) is 0 Å². The van der Waals surface area contributed by atoms with E-state index in [9.17, 15) is 18.0 Å². The number of likely N-dealkylation sites (tertiary alicyclic amines) is 1. The second kappa shape index (κ2) is 7.67. The van der Waals surface area contributed by atoms with Gasteiger partial charge in [0.05, 0.1) is 18.4 Å². The Labute approximate surface area is 133 Å². The van der Waals surface area contributed by atoms with Crippen LogP contribution in [0.15, 0.2) is 12.4 Å². The summed E-state index contributed by atoms with van der Waals surface area (Å²) in [6.45, 7) is 0.611. The number of aryl methyl sites for hydroxylation is 1. The summed E-state index contributed by atoms with van der Waals surface area (Å²) in [5.74, 6) is 0.359. The van der Waals surface area contributed by atoms with E-state index in [4.69, 9.17) is 0 Å². The largest absolute Gasteiger partial charge is 0.401 e. The number of hydrogen-bond acceptors (Lipinski definition) is 3. The van der Waals surface area contributed by atoms with Crippen molar-refractivity contribution in [3.05, 3.63) is 12.4 Å². The first-order chi connectivity index (χ1) is 10.8. The molecule has 0 aliphatic carbocycles. The number of carbonyl (C=O) groups is 1. The number of rotatable bonds is 5. The molecule has 0 spiro atoms. The summed E-state index contributed by atoms with van der Waals surface area (Å²) in [5, 5.41) is 9.37. The minimum atomic E-state index is -4.13. The van der Waals surface area contributed by atoms with Crippen molar-refractivity contribution in [3.63, 3.8) is 0 Å². The Hall–Kier alpha value is -1.77. The number of amides is 2. The van der Waals surface area contributed by atoms with Crippen molar-refractivity contribution in [1.29, 1.82) is 0 Å². The van der Waals surface area contributed by atoms with Crippen molar-refractivity contribution < 1.29 is 18.0 Å². The normalized spacial score (nSPS) is 17.2. The molecule has 0 unspecified atom stereocenters. The Morgan fingerprint density at radius 2 is 2.09 bits per heavy atom. The molecule has 1 aliphatic rings. The lowest BCUT2D eigenvalue weighted by Crippen LogP contribution is -2.40. The molecule has 1 aromatic heterocycles. The maximum atomic E-state index is 12.3. The molecule has 1 saturated heterocycles. The van der Waals surface area contributed by atoms with Gasteiger partial charge in [-0.25, -0.2) is 4.79 Å². The summed E-state index contributed by atoms with van der Waals surface area (Å²) < 4.78 is 38.5. The van der Waals surface area contributed by atoms with E-state index in [0.717, 1.165) is 19.3 Å². The molecule has 0 bridgehead atoms. The van der Waals surface area contributed by atoms with Gasteiger partial charge in [0.1, 0.15) is 0 Å². The van der Waals surface area contributed by atoms with E-state index in [0.29, 0.717) is 31.2 Å². The zero-order chi connectivity index (χ0) is 16.9. The van der Waals surface area contributed by atoms with Crippen LogP contribution in [0, 0.1) is 5.92 Å². The van der Waals surface area contributed by atoms with Gasteiger partial charge in [0, 0.05) is 19.8 Å². The average molecular weight is 333 g/mol. The van der Waals surface area contributed by atoms with Gasteiger partial charge < -0.3 is 10.6 Å². The fraction of sp³-hybridized carbons (Fsp3) is 0.714. The first-order valence-electron chi connectivity index (χ1n) is 7.64. The van der Waals surface area contributed by atoms with E-state index >= 15 is 0 Å². The molecule has 6 nitrogen and oxygen atoms in total. The maximum absolute atomic E-state index is 12.3. The minimum Gasteiger partial charge on any atom is -0.338 e. The number of halogens is 3. The number of nitrogens with zero attached hydrogens (tertiary/aromatic N) is 3. The number of anilines is 1. The molecule has 2 heterocycles. The van der Waals surface area contributed by atoms with E-state index < -0.39 is 12.7 Å². The molecule has 1 fully saturated rings. The first kappa shape index (κ1) is 17.6. The summed E-state index contributed by atoms with van der Waals surface area (Å²) >= 11 is 0. The molecule has 2 N–H and O–H groups in total. The number of aromatic nitrogens is 2. The predicted molar refractivity (Wildman–Crippen MR) is 80.1 cm³/mol. The van der Waals surface area contributed by atoms with Gasteiger partial charge in [-0.1, -0.05) is 0 Å². The Morgan fingerprint density at radius 1 is 1.39 bits per heavy atom. The fourth-order valence-corrected chi connectivity index (χ4v) is 2.74. The Balaban J connectivity index is 1.59. The van der Waals surface area contributed by atoms with Crippen molar-refractivity contribution in [1.82, 2.24) is 20.0 Å². The molecule has 0 radical (unpaired) electrons. The Bertz CT molecular complexity index is 509. The van der Waals surface area contributed by atoms with Crippen LogP contribution in [0.5, 0.6) is 0 Å². The second-order valence-electron chi connectivity index (χ2n) is 5.91. The second-order valence-corrected chi connectivity index (χ2v) is 5.91. The van der Waals surface area contributed by atoms with E-state index in [1.54, 1.807) is 24.1 Å². The highest BCUT2D eigenvalue weighted by Gasteiger charge is 2.32. The summed E-state index contributed by atoms with van der Waals surface area (Å²) in [4.78, 5) is 13.1. The van der Waals surface area contributed by atoms with Crippen molar-refractivity contribution in [3.8, 4) is 0 Å². The van der Waals surface area contributed by atoms with Crippen molar-refractivity contribution in [2.75, 3.05) is 31.5 Å². The first-order valence-corrected chi connectivity index (χ1v) is 7.64. The van der Waals surface area contributed by atoms with Gasteiger partial charge in [0.15, 0.2) is 0 Å². The van der Waals surface area contributed by atoms with Crippen LogP contribution < -0.4 is 10.6 Å². The molecule has 1 aromatic rings. The predicted octanol–water partition coefficient (Wildman–Crippen LogP) is 2.21. The van der Waals surface area contributed by atoms with E-state index in [1.807, 2.05) is 0 Å². The summed E-state index contributed by atoms with van der Waals surface area (Å²) in [5.41, 5.74) is 0.616. The summed E-state index contributed by atoms with van der Waals surface area (Å²) in [6, 6.07) is -0.299. The monoisotopic (exact) mass is 333 g/mol. The highest BCUT2D eigenvalue weighted by Crippen LogP contribution is 2.23. The van der Waals surface area contributed by atoms with Crippen LogP contribution in [0.1, 0.15) is 19.3 Å². The molecule has 9 heteroatoms. The topological polar surface area (TPSA) is 62.2 Å². The third kappa shape index (κ3) is 6.47. The Morgan fingerprint density at radius 3 is 2.65 bits per heavy atom. The molecule has 0 saturated carbocycles. The van der Waals surface area contributed by atoms with Gasteiger partial charge in [-0.15, -0.1) is 0 Å². The van der Waals surface area contributed by atoms with Crippen molar-refractivity contribution >= 4 is 11.7 Å². The van der Waals surface area contributed by atoms with E-state index in [1.165, 1.54) is 4.90 Å². The molecular formula is C14H22F3N5O. The molecule has 23 heavy (non-hydrogen) atoms. The van der Waals surface area contributed by atoms with Crippen LogP contribution in [0.25, 0.3) is 0 Å². The zero-order valence-electron chi connectivity index (χ0n) is 13.1. The van der Waals surface area contributed by atoms with Crippen LogP contribution in [0.3, 0.4) is 0 Å². The van der Waals surface area contributed by atoms with Gasteiger partial charge in [-0.05, 0) is 38.3 Å². The quantitative estimate of drug-likeness (QED) is 0.868. The lowest BCUT2D eigenvalue weighted by molar-refractivity contribution is -0.148. The molecule has 2 amide bonds. The standard InChI is InChI=1S/C14H22F3N5O/c1-21-9-12(8-19-21)20-13(23)18-5-2-11-3-6-22(7-4-11)10-14(15,16)17/h8-9,11H,2-7,10H2,1H3,(H2,18,20,23). The van der Waals surface area contributed by atoms with Crippen molar-refractivity contribution in [2.24, 2.45) is 13.0 Å². The highest BCUT2D eigenvalue weighted by molar-refractivity contribution is 5.88. The molecular weight excluding hydrogens is 311 g/mol. The number of alkyl halides is 3. The van der Waals surface area contributed by atoms with Crippen LogP contribution in [-0.4, -0.2) is 53.1 Å². The maximum Gasteiger partial charge on any atom is 0.401 e. The fourth-order valence-electron chi connectivity index (χ4n) is 2.74. The molecule has 0 atom stereocenters. The number of piperidine rings is 1. The molecule has 130 valence electrons. The zero-order valence-corrected chi connectivity index (χ0v) is 13.1. The van der Waals surface area contributed by atoms with Gasteiger partial charge >= 0.3 is 12.2 Å². The lowest BCUT2D eigenvalue weighted by Gasteiger charge is -2.32. The number of carbonyl (C=O) groups excluding carboxylic acids is 1. The van der Waals surface area contributed by atoms with Gasteiger partial charge in [-0.3, -0.25) is 9.58 Å². The molecule has 2 rings (SSSR count). The molecule has 1 aliphatic heterocycles. The summed E-state index contributed by atoms with van der Waals surface area (Å²) in [6.07, 6.45) is 1.37. The third-order valence-corrected chi connectivity index (χ3v) is 3.91. The number of urea groups is 1. The van der Waals surface area contributed by atoms with E-state index in [-0.39, 0.29) is 6.03 Å².